The fraction of sp³-hybridized carbons (Fsp3) is 0.400. The van der Waals surface area contributed by atoms with E-state index >= 15 is 0 Å². The highest BCUT2D eigenvalue weighted by Gasteiger charge is 2.13. The lowest BCUT2D eigenvalue weighted by Crippen LogP contribution is -2.35. The summed E-state index contributed by atoms with van der Waals surface area (Å²) in [5.41, 5.74) is 0.797. The van der Waals surface area contributed by atoms with Crippen molar-refractivity contribution in [3.05, 3.63) is 35.2 Å². The van der Waals surface area contributed by atoms with Gasteiger partial charge in [-0.3, -0.25) is 9.69 Å². The zero-order valence-electron chi connectivity index (χ0n) is 12.7. The van der Waals surface area contributed by atoms with E-state index in [1.807, 2.05) is 31.0 Å². The second-order valence-electron chi connectivity index (χ2n) is 5.04. The first-order valence-electron chi connectivity index (χ1n) is 7.12. The first-order chi connectivity index (χ1) is 10.6. The summed E-state index contributed by atoms with van der Waals surface area (Å²) in [4.78, 5) is 17.8. The Kier molecular flexibility index (Phi) is 5.91. The highest BCUT2D eigenvalue weighted by atomic mass is 35.5. The fourth-order valence-corrected chi connectivity index (χ4v) is 2.11. The van der Waals surface area contributed by atoms with E-state index in [1.54, 1.807) is 12.1 Å². The average molecular weight is 323 g/mol. The largest absolute Gasteiger partial charge is 0.355 e. The van der Waals surface area contributed by atoms with E-state index in [-0.39, 0.29) is 12.5 Å². The normalized spacial score (nSPS) is 10.9. The van der Waals surface area contributed by atoms with Crippen LogP contribution >= 0.6 is 11.6 Å². The van der Waals surface area contributed by atoms with Crippen LogP contribution in [0.1, 0.15) is 19.2 Å². The number of benzene rings is 1. The summed E-state index contributed by atoms with van der Waals surface area (Å²) in [5, 5.41) is 7.38. The van der Waals surface area contributed by atoms with Gasteiger partial charge in [0.25, 0.3) is 0 Å². The number of nitrogens with zero attached hydrogens (tertiary/aromatic N) is 3. The van der Waals surface area contributed by atoms with Crippen LogP contribution in [0.25, 0.3) is 11.4 Å². The molecule has 1 heterocycles. The third kappa shape index (κ3) is 4.82. The van der Waals surface area contributed by atoms with Crippen molar-refractivity contribution in [3.63, 3.8) is 0 Å². The van der Waals surface area contributed by atoms with E-state index in [4.69, 9.17) is 16.1 Å². The molecule has 1 aromatic heterocycles. The monoisotopic (exact) mass is 322 g/mol. The molecule has 2 aromatic rings. The van der Waals surface area contributed by atoms with Crippen molar-refractivity contribution in [2.45, 2.75) is 19.9 Å². The lowest BCUT2D eigenvalue weighted by atomic mass is 10.2. The van der Waals surface area contributed by atoms with E-state index in [0.717, 1.165) is 12.0 Å². The van der Waals surface area contributed by atoms with Crippen LogP contribution in [0.15, 0.2) is 28.8 Å². The summed E-state index contributed by atoms with van der Waals surface area (Å²) in [5.74, 6) is 0.932. The van der Waals surface area contributed by atoms with Crippen LogP contribution in [0, 0.1) is 0 Å². The van der Waals surface area contributed by atoms with Crippen molar-refractivity contribution in [3.8, 4) is 11.4 Å². The van der Waals surface area contributed by atoms with Crippen LogP contribution in [-0.4, -0.2) is 41.1 Å². The summed E-state index contributed by atoms with van der Waals surface area (Å²) < 4.78 is 5.21. The highest BCUT2D eigenvalue weighted by molar-refractivity contribution is 6.30. The molecule has 0 aliphatic rings. The molecule has 0 bridgehead atoms. The van der Waals surface area contributed by atoms with Gasteiger partial charge in [-0.05, 0) is 25.6 Å². The topological polar surface area (TPSA) is 71.3 Å². The van der Waals surface area contributed by atoms with E-state index < -0.39 is 0 Å². The van der Waals surface area contributed by atoms with Crippen molar-refractivity contribution in [2.75, 3.05) is 20.1 Å². The minimum atomic E-state index is -0.0149. The smallest absolute Gasteiger partial charge is 0.241 e. The van der Waals surface area contributed by atoms with Crippen LogP contribution in [0.2, 0.25) is 5.02 Å². The number of aromatic nitrogens is 2. The Balaban J connectivity index is 1.93. The quantitative estimate of drug-likeness (QED) is 0.847. The average Bonchev–Trinajstić information content (AvgIpc) is 2.93. The van der Waals surface area contributed by atoms with Crippen LogP contribution in [0.5, 0.6) is 0 Å². The fourth-order valence-electron chi connectivity index (χ4n) is 1.92. The van der Waals surface area contributed by atoms with Crippen molar-refractivity contribution < 1.29 is 9.32 Å². The summed E-state index contributed by atoms with van der Waals surface area (Å²) in [6.07, 6.45) is 0.919. The summed E-state index contributed by atoms with van der Waals surface area (Å²) in [7, 11) is 1.83. The minimum absolute atomic E-state index is 0.0149. The number of hydrogen-bond acceptors (Lipinski definition) is 5. The van der Waals surface area contributed by atoms with Crippen LogP contribution < -0.4 is 5.32 Å². The summed E-state index contributed by atoms with van der Waals surface area (Å²) in [6.45, 7) is 3.40. The van der Waals surface area contributed by atoms with Crippen LogP contribution in [-0.2, 0) is 11.3 Å². The molecule has 0 aliphatic carbocycles. The van der Waals surface area contributed by atoms with Gasteiger partial charge in [-0.1, -0.05) is 35.8 Å². The molecule has 0 atom stereocenters. The summed E-state index contributed by atoms with van der Waals surface area (Å²) >= 11 is 5.95. The second kappa shape index (κ2) is 7.91. The van der Waals surface area contributed by atoms with Gasteiger partial charge in [0, 0.05) is 17.1 Å². The van der Waals surface area contributed by atoms with Crippen molar-refractivity contribution >= 4 is 17.5 Å². The Labute approximate surface area is 134 Å². The Hall–Kier alpha value is -1.92. The maximum Gasteiger partial charge on any atom is 0.241 e. The number of amides is 1. The molecule has 6 nitrogen and oxygen atoms in total. The molecule has 0 aliphatic heterocycles. The Morgan fingerprint density at radius 1 is 1.45 bits per heavy atom. The minimum Gasteiger partial charge on any atom is -0.355 e. The van der Waals surface area contributed by atoms with Gasteiger partial charge in [-0.25, -0.2) is 0 Å². The molecule has 2 rings (SSSR count). The Bertz CT molecular complexity index is 630. The van der Waals surface area contributed by atoms with Crippen molar-refractivity contribution in [1.82, 2.24) is 20.4 Å². The van der Waals surface area contributed by atoms with Gasteiger partial charge in [0.1, 0.15) is 0 Å². The SMILES string of the molecule is CCCNC(=O)CN(C)Cc1nc(-c2cccc(Cl)c2)no1. The van der Waals surface area contributed by atoms with Gasteiger partial charge in [-0.15, -0.1) is 0 Å². The molecule has 22 heavy (non-hydrogen) atoms. The Morgan fingerprint density at radius 2 is 2.27 bits per heavy atom. The van der Waals surface area contributed by atoms with Gasteiger partial charge in [0.15, 0.2) is 0 Å². The number of nitrogens with one attached hydrogen (secondary N) is 1. The number of carbonyl (C=O) groups is 1. The molecule has 0 unspecified atom stereocenters. The number of hydrogen-bond donors (Lipinski definition) is 1. The molecule has 1 amide bonds. The predicted octanol–water partition coefficient (Wildman–Crippen LogP) is 2.35. The second-order valence-corrected chi connectivity index (χ2v) is 5.48. The van der Waals surface area contributed by atoms with Gasteiger partial charge in [-0.2, -0.15) is 4.98 Å². The van der Waals surface area contributed by atoms with Gasteiger partial charge in [0.2, 0.25) is 17.6 Å². The van der Waals surface area contributed by atoms with E-state index in [1.165, 1.54) is 0 Å². The molecule has 1 aromatic carbocycles. The maximum absolute atomic E-state index is 11.6. The molecule has 118 valence electrons. The lowest BCUT2D eigenvalue weighted by molar-refractivity contribution is -0.122. The van der Waals surface area contributed by atoms with E-state index in [0.29, 0.717) is 29.8 Å². The summed E-state index contributed by atoms with van der Waals surface area (Å²) in [6, 6.07) is 7.26. The standard InChI is InChI=1S/C15H19ClN4O2/c1-3-7-17-13(21)9-20(2)10-14-18-15(19-22-14)11-5-4-6-12(16)8-11/h4-6,8H,3,7,9-10H2,1-2H3,(H,17,21). The first-order valence-corrected chi connectivity index (χ1v) is 7.50. The molecular weight excluding hydrogens is 304 g/mol. The first kappa shape index (κ1) is 16.5. The van der Waals surface area contributed by atoms with Crippen LogP contribution in [0.3, 0.4) is 0 Å². The van der Waals surface area contributed by atoms with Crippen molar-refractivity contribution in [1.29, 1.82) is 0 Å². The molecule has 7 heteroatoms. The number of likely N-dealkylation sites (N-methyl/N-ethyl adjacent to an activating group) is 1. The van der Waals surface area contributed by atoms with Gasteiger partial charge < -0.3 is 9.84 Å². The molecule has 1 N–H and O–H groups in total. The molecule has 0 saturated heterocycles. The lowest BCUT2D eigenvalue weighted by Gasteiger charge is -2.13. The number of halogens is 1. The number of carbonyl (C=O) groups excluding carboxylic acids is 1. The third-order valence-electron chi connectivity index (χ3n) is 2.94. The van der Waals surface area contributed by atoms with Gasteiger partial charge in [0.05, 0.1) is 13.1 Å². The molecular formula is C15H19ClN4O2. The molecule has 0 radical (unpaired) electrons. The maximum atomic E-state index is 11.6. The molecule has 0 spiro atoms. The third-order valence-corrected chi connectivity index (χ3v) is 3.18. The zero-order chi connectivity index (χ0) is 15.9. The van der Waals surface area contributed by atoms with Crippen molar-refractivity contribution in [2.24, 2.45) is 0 Å². The van der Waals surface area contributed by atoms with E-state index in [9.17, 15) is 4.79 Å². The predicted molar refractivity (Wildman–Crippen MR) is 84.4 cm³/mol. The Morgan fingerprint density at radius 3 is 3.00 bits per heavy atom. The number of rotatable bonds is 7. The van der Waals surface area contributed by atoms with Gasteiger partial charge >= 0.3 is 0 Å². The molecule has 0 fully saturated rings. The zero-order valence-corrected chi connectivity index (χ0v) is 13.4. The molecule has 0 saturated carbocycles. The van der Waals surface area contributed by atoms with E-state index in [2.05, 4.69) is 15.5 Å². The van der Waals surface area contributed by atoms with Crippen LogP contribution in [0.4, 0.5) is 0 Å². The highest BCUT2D eigenvalue weighted by Crippen LogP contribution is 2.20.